The molecule has 0 fully saturated rings. The van der Waals surface area contributed by atoms with Crippen molar-refractivity contribution in [2.24, 2.45) is 0 Å². The van der Waals surface area contributed by atoms with Crippen LogP contribution in [-0.2, 0) is 11.2 Å². The second kappa shape index (κ2) is 6.55. The molecule has 0 unspecified atom stereocenters. The van der Waals surface area contributed by atoms with Crippen molar-refractivity contribution in [2.45, 2.75) is 6.42 Å². The van der Waals surface area contributed by atoms with Crippen molar-refractivity contribution in [1.82, 2.24) is 0 Å². The van der Waals surface area contributed by atoms with Gasteiger partial charge in [0.2, 0.25) is 5.91 Å². The fraction of sp³-hybridized carbons (Fsp3) is 0.118. The molecule has 0 radical (unpaired) electrons. The Labute approximate surface area is 114 Å². The van der Waals surface area contributed by atoms with E-state index in [1.165, 1.54) is 11.6 Å². The average molecular weight is 251 g/mol. The Morgan fingerprint density at radius 3 is 2.16 bits per heavy atom. The number of rotatable bonds is 5. The predicted molar refractivity (Wildman–Crippen MR) is 79.1 cm³/mol. The number of nitrogens with zero attached hydrogens (tertiary/aromatic N) is 1. The largest absolute Gasteiger partial charge is 0.309 e. The van der Waals surface area contributed by atoms with Crippen molar-refractivity contribution < 1.29 is 4.79 Å². The lowest BCUT2D eigenvalue weighted by atomic mass is 10.1. The topological polar surface area (TPSA) is 20.3 Å². The van der Waals surface area contributed by atoms with Gasteiger partial charge in [-0.3, -0.25) is 4.79 Å². The van der Waals surface area contributed by atoms with Crippen LogP contribution >= 0.6 is 0 Å². The highest BCUT2D eigenvalue weighted by molar-refractivity contribution is 6.01. The fourth-order valence-corrected chi connectivity index (χ4v) is 1.97. The van der Waals surface area contributed by atoms with Gasteiger partial charge in [0.05, 0.1) is 0 Å². The van der Waals surface area contributed by atoms with Crippen LogP contribution in [0.1, 0.15) is 5.56 Å². The third-order valence-corrected chi connectivity index (χ3v) is 2.98. The highest BCUT2D eigenvalue weighted by Gasteiger charge is 2.11. The van der Waals surface area contributed by atoms with Crippen LogP contribution in [0.25, 0.3) is 0 Å². The lowest BCUT2D eigenvalue weighted by molar-refractivity contribution is -0.114. The minimum Gasteiger partial charge on any atom is -0.309 e. The summed E-state index contributed by atoms with van der Waals surface area (Å²) in [6, 6.07) is 19.8. The summed E-state index contributed by atoms with van der Waals surface area (Å²) < 4.78 is 0. The van der Waals surface area contributed by atoms with Gasteiger partial charge in [-0.1, -0.05) is 55.1 Å². The van der Waals surface area contributed by atoms with E-state index in [9.17, 15) is 4.79 Å². The quantitative estimate of drug-likeness (QED) is 0.745. The molecule has 0 atom stereocenters. The molecule has 2 rings (SSSR count). The zero-order valence-corrected chi connectivity index (χ0v) is 10.8. The molecule has 2 heteroatoms. The lowest BCUT2D eigenvalue weighted by Gasteiger charge is -2.21. The summed E-state index contributed by atoms with van der Waals surface area (Å²) in [5.74, 6) is -0.0675. The maximum atomic E-state index is 11.9. The van der Waals surface area contributed by atoms with Crippen LogP contribution in [0.5, 0.6) is 0 Å². The van der Waals surface area contributed by atoms with Crippen LogP contribution in [0.15, 0.2) is 73.3 Å². The third kappa shape index (κ3) is 3.55. The Bertz CT molecular complexity index is 534. The molecule has 0 aliphatic rings. The Kier molecular flexibility index (Phi) is 4.51. The summed E-state index contributed by atoms with van der Waals surface area (Å²) in [5, 5.41) is 0. The highest BCUT2D eigenvalue weighted by Crippen LogP contribution is 2.14. The van der Waals surface area contributed by atoms with E-state index in [1.807, 2.05) is 48.5 Å². The predicted octanol–water partition coefficient (Wildman–Crippen LogP) is 3.45. The van der Waals surface area contributed by atoms with Gasteiger partial charge in [0, 0.05) is 12.2 Å². The number of carbonyl (C=O) groups is 1. The highest BCUT2D eigenvalue weighted by atomic mass is 16.2. The zero-order chi connectivity index (χ0) is 13.5. The van der Waals surface area contributed by atoms with Crippen LogP contribution in [-0.4, -0.2) is 12.5 Å². The molecule has 0 saturated carbocycles. The summed E-state index contributed by atoms with van der Waals surface area (Å²) in [4.78, 5) is 13.7. The van der Waals surface area contributed by atoms with E-state index < -0.39 is 0 Å². The van der Waals surface area contributed by atoms with Crippen LogP contribution in [0, 0.1) is 0 Å². The molecule has 0 spiro atoms. The molecule has 0 aliphatic heterocycles. The Morgan fingerprint density at radius 2 is 1.58 bits per heavy atom. The molecule has 0 heterocycles. The summed E-state index contributed by atoms with van der Waals surface area (Å²) in [5.41, 5.74) is 2.13. The Balaban J connectivity index is 2.11. The molecule has 2 aromatic carbocycles. The van der Waals surface area contributed by atoms with E-state index in [1.54, 1.807) is 4.90 Å². The van der Waals surface area contributed by atoms with Crippen molar-refractivity contribution in [3.63, 3.8) is 0 Å². The maximum absolute atomic E-state index is 11.9. The smallest absolute Gasteiger partial charge is 0.250 e. The van der Waals surface area contributed by atoms with Gasteiger partial charge in [-0.05, 0) is 30.2 Å². The molecule has 1 amide bonds. The first kappa shape index (κ1) is 13.1. The number of amides is 1. The first-order chi connectivity index (χ1) is 9.31. The Morgan fingerprint density at radius 1 is 1.00 bits per heavy atom. The number of para-hydroxylation sites is 1. The number of hydrogen-bond acceptors (Lipinski definition) is 1. The molecule has 0 aliphatic carbocycles. The first-order valence-electron chi connectivity index (χ1n) is 6.34. The van der Waals surface area contributed by atoms with Gasteiger partial charge >= 0.3 is 0 Å². The molecule has 19 heavy (non-hydrogen) atoms. The molecule has 2 nitrogen and oxygen atoms in total. The third-order valence-electron chi connectivity index (χ3n) is 2.98. The van der Waals surface area contributed by atoms with Gasteiger partial charge in [-0.2, -0.15) is 0 Å². The molecule has 0 aromatic heterocycles. The monoisotopic (exact) mass is 251 g/mol. The summed E-state index contributed by atoms with van der Waals surface area (Å²) in [6.45, 7) is 4.22. The van der Waals surface area contributed by atoms with Crippen LogP contribution < -0.4 is 4.90 Å². The van der Waals surface area contributed by atoms with E-state index >= 15 is 0 Å². The molecule has 2 aromatic rings. The summed E-state index contributed by atoms with van der Waals surface area (Å²) >= 11 is 0. The summed E-state index contributed by atoms with van der Waals surface area (Å²) in [7, 11) is 0. The van der Waals surface area contributed by atoms with Crippen molar-refractivity contribution in [3.8, 4) is 0 Å². The van der Waals surface area contributed by atoms with Gasteiger partial charge in [-0.15, -0.1) is 0 Å². The van der Waals surface area contributed by atoms with Gasteiger partial charge in [0.25, 0.3) is 0 Å². The van der Waals surface area contributed by atoms with Crippen molar-refractivity contribution in [3.05, 3.63) is 78.9 Å². The van der Waals surface area contributed by atoms with Gasteiger partial charge < -0.3 is 4.90 Å². The first-order valence-corrected chi connectivity index (χ1v) is 6.34. The van der Waals surface area contributed by atoms with Crippen molar-refractivity contribution >= 4 is 11.6 Å². The lowest BCUT2D eigenvalue weighted by Crippen LogP contribution is -2.31. The van der Waals surface area contributed by atoms with Crippen molar-refractivity contribution in [2.75, 3.05) is 11.4 Å². The van der Waals surface area contributed by atoms with E-state index in [4.69, 9.17) is 0 Å². The Hall–Kier alpha value is -2.35. The van der Waals surface area contributed by atoms with Gasteiger partial charge in [0.15, 0.2) is 0 Å². The number of benzene rings is 2. The number of hydrogen-bond donors (Lipinski definition) is 0. The molecular formula is C17H17NO. The van der Waals surface area contributed by atoms with E-state index in [0.717, 1.165) is 12.1 Å². The molecule has 0 saturated heterocycles. The molecule has 96 valence electrons. The maximum Gasteiger partial charge on any atom is 0.250 e. The number of carbonyl (C=O) groups excluding carboxylic acids is 1. The van der Waals surface area contributed by atoms with Crippen LogP contribution in [0.4, 0.5) is 5.69 Å². The van der Waals surface area contributed by atoms with E-state index in [2.05, 4.69) is 18.7 Å². The zero-order valence-electron chi connectivity index (χ0n) is 10.8. The van der Waals surface area contributed by atoms with E-state index in [-0.39, 0.29) is 5.91 Å². The normalized spacial score (nSPS) is 9.89. The SMILES string of the molecule is C=CC(=O)N(CCc1ccccc1)c1ccccc1. The molecule has 0 bridgehead atoms. The summed E-state index contributed by atoms with van der Waals surface area (Å²) in [6.07, 6.45) is 2.19. The fourth-order valence-electron chi connectivity index (χ4n) is 1.97. The van der Waals surface area contributed by atoms with Crippen molar-refractivity contribution in [1.29, 1.82) is 0 Å². The molecular weight excluding hydrogens is 234 g/mol. The second-order valence-electron chi connectivity index (χ2n) is 4.27. The minimum absolute atomic E-state index is 0.0675. The average Bonchev–Trinajstić information content (AvgIpc) is 2.49. The minimum atomic E-state index is -0.0675. The van der Waals surface area contributed by atoms with Gasteiger partial charge in [-0.25, -0.2) is 0 Å². The van der Waals surface area contributed by atoms with Crippen LogP contribution in [0.2, 0.25) is 0 Å². The van der Waals surface area contributed by atoms with Crippen LogP contribution in [0.3, 0.4) is 0 Å². The second-order valence-corrected chi connectivity index (χ2v) is 4.27. The van der Waals surface area contributed by atoms with E-state index in [0.29, 0.717) is 6.54 Å². The number of anilines is 1. The van der Waals surface area contributed by atoms with Gasteiger partial charge in [0.1, 0.15) is 0 Å². The standard InChI is InChI=1S/C17H17NO/c1-2-17(19)18(16-11-7-4-8-12-16)14-13-15-9-5-3-6-10-15/h2-12H,1,13-14H2. The molecule has 0 N–H and O–H groups in total.